The maximum absolute atomic E-state index is 3.26. The van der Waals surface area contributed by atoms with E-state index in [0.717, 1.165) is 5.75 Å². The van der Waals surface area contributed by atoms with Gasteiger partial charge in [-0.25, -0.2) is 0 Å². The molecule has 0 saturated heterocycles. The Morgan fingerprint density at radius 2 is 1.82 bits per heavy atom. The monoisotopic (exact) mass is 252 g/mol. The van der Waals surface area contributed by atoms with Gasteiger partial charge in [-0.05, 0) is 44.8 Å². The summed E-state index contributed by atoms with van der Waals surface area (Å²) >= 11 is 1.89. The summed E-state index contributed by atoms with van der Waals surface area (Å²) in [5, 5.41) is 3.26. The molecule has 0 bridgehead atoms. The fourth-order valence-electron chi connectivity index (χ4n) is 1.77. The van der Waals surface area contributed by atoms with Crippen molar-refractivity contribution in [3.05, 3.63) is 29.8 Å². The first-order chi connectivity index (χ1) is 8.10. The minimum atomic E-state index is 0.415. The molecule has 0 aliphatic rings. The van der Waals surface area contributed by atoms with E-state index in [9.17, 15) is 0 Å². The van der Waals surface area contributed by atoms with Crippen molar-refractivity contribution in [1.29, 1.82) is 0 Å². The van der Waals surface area contributed by atoms with Crippen molar-refractivity contribution in [3.8, 4) is 0 Å². The third-order valence-electron chi connectivity index (χ3n) is 3.30. The molecule has 0 heterocycles. The van der Waals surface area contributed by atoms with Gasteiger partial charge in [0.2, 0.25) is 0 Å². The van der Waals surface area contributed by atoms with Crippen LogP contribution in [0.1, 0.15) is 25.5 Å². The van der Waals surface area contributed by atoms with Crippen LogP contribution in [0.15, 0.2) is 24.3 Å². The molecule has 96 valence electrons. The second-order valence-electron chi connectivity index (χ2n) is 4.52. The van der Waals surface area contributed by atoms with E-state index in [4.69, 9.17) is 0 Å². The molecule has 2 nitrogen and oxygen atoms in total. The van der Waals surface area contributed by atoms with E-state index in [-0.39, 0.29) is 0 Å². The van der Waals surface area contributed by atoms with Crippen molar-refractivity contribution in [1.82, 2.24) is 5.32 Å². The third kappa shape index (κ3) is 3.93. The average Bonchev–Trinajstić information content (AvgIpc) is 2.37. The van der Waals surface area contributed by atoms with Gasteiger partial charge < -0.3 is 10.2 Å². The molecule has 2 atom stereocenters. The maximum Gasteiger partial charge on any atom is 0.0366 e. The molecular weight excluding hydrogens is 228 g/mol. The van der Waals surface area contributed by atoms with E-state index >= 15 is 0 Å². The largest absolute Gasteiger partial charge is 0.371 e. The highest BCUT2D eigenvalue weighted by Crippen LogP contribution is 2.20. The normalized spacial score (nSPS) is 14.4. The molecule has 0 aliphatic carbocycles. The topological polar surface area (TPSA) is 15.3 Å². The van der Waals surface area contributed by atoms with Crippen molar-refractivity contribution < 1.29 is 0 Å². The van der Waals surface area contributed by atoms with Crippen LogP contribution in [0.2, 0.25) is 0 Å². The first kappa shape index (κ1) is 14.4. The zero-order chi connectivity index (χ0) is 12.8. The molecule has 0 spiro atoms. The third-order valence-corrected chi connectivity index (χ3v) is 4.12. The highest BCUT2D eigenvalue weighted by molar-refractivity contribution is 7.98. The van der Waals surface area contributed by atoms with Gasteiger partial charge in [0, 0.05) is 30.6 Å². The number of nitrogens with one attached hydrogen (secondary N) is 1. The Morgan fingerprint density at radius 3 is 2.29 bits per heavy atom. The Morgan fingerprint density at radius 1 is 1.24 bits per heavy atom. The van der Waals surface area contributed by atoms with Crippen LogP contribution in [0.3, 0.4) is 0 Å². The predicted molar refractivity (Wildman–Crippen MR) is 80.2 cm³/mol. The Bertz CT molecular complexity index is 323. The van der Waals surface area contributed by atoms with E-state index < -0.39 is 0 Å². The van der Waals surface area contributed by atoms with Crippen LogP contribution in [0, 0.1) is 0 Å². The Kier molecular flexibility index (Phi) is 5.86. The Labute approximate surface area is 110 Å². The van der Waals surface area contributed by atoms with Gasteiger partial charge in [-0.3, -0.25) is 0 Å². The number of hydrogen-bond donors (Lipinski definition) is 1. The molecule has 3 heteroatoms. The lowest BCUT2D eigenvalue weighted by Crippen LogP contribution is -2.30. The molecule has 0 aromatic heterocycles. The SMILES string of the molecule is CNC(C)c1ccc(N(C)C(C)CSC)cc1. The van der Waals surface area contributed by atoms with Gasteiger partial charge in [0.15, 0.2) is 0 Å². The quantitative estimate of drug-likeness (QED) is 0.837. The molecule has 0 fully saturated rings. The lowest BCUT2D eigenvalue weighted by molar-refractivity contribution is 0.652. The van der Waals surface area contributed by atoms with E-state index in [0.29, 0.717) is 12.1 Å². The van der Waals surface area contributed by atoms with Gasteiger partial charge in [-0.15, -0.1) is 0 Å². The van der Waals surface area contributed by atoms with Crippen molar-refractivity contribution in [3.63, 3.8) is 0 Å². The molecule has 1 N–H and O–H groups in total. The molecule has 2 unspecified atom stereocenters. The van der Waals surface area contributed by atoms with Crippen LogP contribution in [0.5, 0.6) is 0 Å². The van der Waals surface area contributed by atoms with Crippen molar-refractivity contribution in [2.24, 2.45) is 0 Å². The minimum absolute atomic E-state index is 0.415. The fourth-order valence-corrected chi connectivity index (χ4v) is 2.48. The van der Waals surface area contributed by atoms with Crippen LogP contribution in [0.25, 0.3) is 0 Å². The summed E-state index contributed by atoms with van der Waals surface area (Å²) in [6.07, 6.45) is 2.15. The summed E-state index contributed by atoms with van der Waals surface area (Å²) in [5.41, 5.74) is 2.63. The van der Waals surface area contributed by atoms with Gasteiger partial charge >= 0.3 is 0 Å². The predicted octanol–water partition coefficient (Wildman–Crippen LogP) is 3.15. The van der Waals surface area contributed by atoms with Crippen molar-refractivity contribution >= 4 is 17.4 Å². The second-order valence-corrected chi connectivity index (χ2v) is 5.43. The summed E-state index contributed by atoms with van der Waals surface area (Å²) in [5.74, 6) is 1.16. The van der Waals surface area contributed by atoms with E-state index in [1.165, 1.54) is 11.3 Å². The summed E-state index contributed by atoms with van der Waals surface area (Å²) in [6, 6.07) is 9.81. The minimum Gasteiger partial charge on any atom is -0.371 e. The molecule has 17 heavy (non-hydrogen) atoms. The molecular formula is C14H24N2S. The van der Waals surface area contributed by atoms with Gasteiger partial charge in [0.05, 0.1) is 0 Å². The van der Waals surface area contributed by atoms with Gasteiger partial charge in [0.25, 0.3) is 0 Å². The van der Waals surface area contributed by atoms with Crippen LogP contribution in [-0.4, -0.2) is 32.1 Å². The van der Waals surface area contributed by atoms with Gasteiger partial charge in [0.1, 0.15) is 0 Å². The summed E-state index contributed by atoms with van der Waals surface area (Å²) in [4.78, 5) is 2.34. The summed E-state index contributed by atoms with van der Waals surface area (Å²) in [7, 11) is 4.16. The molecule has 0 saturated carbocycles. The maximum atomic E-state index is 3.26. The van der Waals surface area contributed by atoms with Crippen molar-refractivity contribution in [2.45, 2.75) is 25.9 Å². The standard InChI is InChI=1S/C14H24N2S/c1-11(10-17-5)16(4)14-8-6-13(7-9-14)12(2)15-3/h6-9,11-12,15H,10H2,1-5H3. The fraction of sp³-hybridized carbons (Fsp3) is 0.571. The molecule has 1 rings (SSSR count). The molecule has 0 amide bonds. The second kappa shape index (κ2) is 6.92. The highest BCUT2D eigenvalue weighted by atomic mass is 32.2. The number of rotatable bonds is 6. The zero-order valence-electron chi connectivity index (χ0n) is 11.5. The van der Waals surface area contributed by atoms with Gasteiger partial charge in [-0.2, -0.15) is 11.8 Å². The van der Waals surface area contributed by atoms with Crippen LogP contribution in [-0.2, 0) is 0 Å². The number of anilines is 1. The molecule has 1 aromatic rings. The molecule has 0 radical (unpaired) electrons. The van der Waals surface area contributed by atoms with Crippen LogP contribution >= 0.6 is 11.8 Å². The first-order valence-corrected chi connectivity index (χ1v) is 7.48. The number of benzene rings is 1. The molecule has 0 aliphatic heterocycles. The summed E-state index contributed by atoms with van der Waals surface area (Å²) < 4.78 is 0. The van der Waals surface area contributed by atoms with Gasteiger partial charge in [-0.1, -0.05) is 12.1 Å². The highest BCUT2D eigenvalue weighted by Gasteiger charge is 2.09. The van der Waals surface area contributed by atoms with Crippen molar-refractivity contribution in [2.75, 3.05) is 31.0 Å². The smallest absolute Gasteiger partial charge is 0.0366 e. The number of nitrogens with zero attached hydrogens (tertiary/aromatic N) is 1. The lowest BCUT2D eigenvalue weighted by atomic mass is 10.1. The number of thioether (sulfide) groups is 1. The Balaban J connectivity index is 2.73. The lowest BCUT2D eigenvalue weighted by Gasteiger charge is -2.27. The molecule has 1 aromatic carbocycles. The average molecular weight is 252 g/mol. The number of hydrogen-bond acceptors (Lipinski definition) is 3. The van der Waals surface area contributed by atoms with Crippen LogP contribution < -0.4 is 10.2 Å². The first-order valence-electron chi connectivity index (χ1n) is 6.09. The van der Waals surface area contributed by atoms with E-state index in [1.807, 2.05) is 18.8 Å². The van der Waals surface area contributed by atoms with Crippen LogP contribution in [0.4, 0.5) is 5.69 Å². The van der Waals surface area contributed by atoms with E-state index in [1.54, 1.807) is 0 Å². The Hall–Kier alpha value is -0.670. The van der Waals surface area contributed by atoms with E-state index in [2.05, 4.69) is 61.6 Å². The summed E-state index contributed by atoms with van der Waals surface area (Å²) in [6.45, 7) is 4.44. The zero-order valence-corrected chi connectivity index (χ0v) is 12.3.